The quantitative estimate of drug-likeness (QED) is 0.907. The molecule has 2 amide bonds. The molecule has 0 radical (unpaired) electrons. The van der Waals surface area contributed by atoms with Crippen LogP contribution in [0.15, 0.2) is 36.4 Å². The number of fused-ring (bicyclic) bond motifs is 1. The highest BCUT2D eigenvalue weighted by Crippen LogP contribution is 2.36. The molecule has 140 valence electrons. The van der Waals surface area contributed by atoms with Gasteiger partial charge in [0.2, 0.25) is 11.8 Å². The molecule has 1 fully saturated rings. The molecule has 0 aromatic heterocycles. The van der Waals surface area contributed by atoms with E-state index in [2.05, 4.69) is 5.32 Å². The van der Waals surface area contributed by atoms with Gasteiger partial charge in [0.15, 0.2) is 11.5 Å². The van der Waals surface area contributed by atoms with Crippen LogP contribution < -0.4 is 19.7 Å². The van der Waals surface area contributed by atoms with Gasteiger partial charge in [0, 0.05) is 30.4 Å². The van der Waals surface area contributed by atoms with E-state index < -0.39 is 0 Å². The molecular formula is C21H22N2O4. The number of rotatable bonds is 3. The number of carbonyl (C=O) groups is 2. The number of benzene rings is 2. The summed E-state index contributed by atoms with van der Waals surface area (Å²) in [5.41, 5.74) is 3.78. The second kappa shape index (κ2) is 6.95. The van der Waals surface area contributed by atoms with Gasteiger partial charge >= 0.3 is 0 Å². The Kier molecular flexibility index (Phi) is 4.48. The summed E-state index contributed by atoms with van der Waals surface area (Å²) in [4.78, 5) is 26.8. The number of nitrogens with zero attached hydrogens (tertiary/aromatic N) is 1. The summed E-state index contributed by atoms with van der Waals surface area (Å²) in [7, 11) is 0. The van der Waals surface area contributed by atoms with Gasteiger partial charge in [0.1, 0.15) is 13.2 Å². The minimum absolute atomic E-state index is 0.0630. The Hall–Kier alpha value is -3.02. The Morgan fingerprint density at radius 3 is 2.59 bits per heavy atom. The molecular weight excluding hydrogens is 344 g/mol. The molecule has 2 aliphatic heterocycles. The molecule has 1 atom stereocenters. The first-order chi connectivity index (χ1) is 13.0. The van der Waals surface area contributed by atoms with Crippen LogP contribution in [0.5, 0.6) is 11.5 Å². The van der Waals surface area contributed by atoms with Crippen molar-refractivity contribution in [1.29, 1.82) is 0 Å². The van der Waals surface area contributed by atoms with E-state index in [1.54, 1.807) is 17.0 Å². The summed E-state index contributed by atoms with van der Waals surface area (Å²) in [5, 5.41) is 2.93. The minimum atomic E-state index is -0.382. The van der Waals surface area contributed by atoms with E-state index in [4.69, 9.17) is 9.47 Å². The van der Waals surface area contributed by atoms with E-state index in [-0.39, 0.29) is 24.2 Å². The summed E-state index contributed by atoms with van der Waals surface area (Å²) in [6.07, 6.45) is 0.200. The second-order valence-corrected chi connectivity index (χ2v) is 7.02. The highest BCUT2D eigenvalue weighted by Gasteiger charge is 2.35. The maximum atomic E-state index is 12.6. The number of hydrogen-bond donors (Lipinski definition) is 1. The first-order valence-electron chi connectivity index (χ1n) is 9.09. The van der Waals surface area contributed by atoms with Crippen molar-refractivity contribution >= 4 is 23.2 Å². The van der Waals surface area contributed by atoms with Gasteiger partial charge in [-0.3, -0.25) is 9.59 Å². The first-order valence-corrected chi connectivity index (χ1v) is 9.09. The van der Waals surface area contributed by atoms with Gasteiger partial charge in [-0.1, -0.05) is 6.07 Å². The minimum Gasteiger partial charge on any atom is -0.486 e. The van der Waals surface area contributed by atoms with Gasteiger partial charge in [-0.15, -0.1) is 0 Å². The van der Waals surface area contributed by atoms with Crippen LogP contribution in [0.2, 0.25) is 0 Å². The monoisotopic (exact) mass is 366 g/mol. The molecule has 1 saturated heterocycles. The van der Waals surface area contributed by atoms with Crippen molar-refractivity contribution in [3.63, 3.8) is 0 Å². The Bertz CT molecular complexity index is 909. The predicted molar refractivity (Wildman–Crippen MR) is 102 cm³/mol. The normalized spacial score (nSPS) is 18.5. The van der Waals surface area contributed by atoms with Gasteiger partial charge < -0.3 is 19.7 Å². The van der Waals surface area contributed by atoms with E-state index in [0.717, 1.165) is 16.9 Å². The standard InChI is InChI=1S/C21H22N2O4/c1-13-3-4-16(9-14(13)2)22-21(25)15-10-20(24)23(12-15)17-5-6-18-19(11-17)27-8-7-26-18/h3-6,9,11,15H,7-8,10,12H2,1-2H3,(H,22,25)/t15-/m0/s1. The number of amides is 2. The lowest BCUT2D eigenvalue weighted by atomic mass is 10.1. The summed E-state index contributed by atoms with van der Waals surface area (Å²) in [6.45, 7) is 5.41. The van der Waals surface area contributed by atoms with Gasteiger partial charge in [-0.2, -0.15) is 0 Å². The van der Waals surface area contributed by atoms with Crippen molar-refractivity contribution in [2.75, 3.05) is 30.0 Å². The fourth-order valence-electron chi connectivity index (χ4n) is 3.40. The summed E-state index contributed by atoms with van der Waals surface area (Å²) in [6, 6.07) is 11.2. The van der Waals surface area contributed by atoms with E-state index in [0.29, 0.717) is 31.3 Å². The maximum absolute atomic E-state index is 12.6. The van der Waals surface area contributed by atoms with Crippen LogP contribution in [0.1, 0.15) is 17.5 Å². The van der Waals surface area contributed by atoms with Crippen LogP contribution in [0.4, 0.5) is 11.4 Å². The van der Waals surface area contributed by atoms with Crippen LogP contribution in [-0.4, -0.2) is 31.6 Å². The zero-order valence-corrected chi connectivity index (χ0v) is 15.5. The molecule has 4 rings (SSSR count). The van der Waals surface area contributed by atoms with Gasteiger partial charge in [-0.25, -0.2) is 0 Å². The summed E-state index contributed by atoms with van der Waals surface area (Å²) < 4.78 is 11.1. The predicted octanol–water partition coefficient (Wildman–Crippen LogP) is 3.07. The number of carbonyl (C=O) groups excluding carboxylic acids is 2. The fourth-order valence-corrected chi connectivity index (χ4v) is 3.40. The molecule has 0 saturated carbocycles. The second-order valence-electron chi connectivity index (χ2n) is 7.02. The van der Waals surface area contributed by atoms with E-state index >= 15 is 0 Å². The molecule has 2 aromatic rings. The zero-order valence-electron chi connectivity index (χ0n) is 15.5. The van der Waals surface area contributed by atoms with Crippen molar-refractivity contribution in [3.05, 3.63) is 47.5 Å². The van der Waals surface area contributed by atoms with Crippen LogP contribution >= 0.6 is 0 Å². The number of ether oxygens (including phenoxy) is 2. The third-order valence-corrected chi connectivity index (χ3v) is 5.11. The summed E-state index contributed by atoms with van der Waals surface area (Å²) in [5.74, 6) is 0.737. The topological polar surface area (TPSA) is 67.9 Å². The molecule has 0 unspecified atom stereocenters. The number of anilines is 2. The van der Waals surface area contributed by atoms with Crippen LogP contribution in [0.3, 0.4) is 0 Å². The highest BCUT2D eigenvalue weighted by molar-refractivity contribution is 6.03. The molecule has 0 aliphatic carbocycles. The van der Waals surface area contributed by atoms with Crippen LogP contribution in [-0.2, 0) is 9.59 Å². The average Bonchev–Trinajstić information content (AvgIpc) is 3.06. The molecule has 2 aromatic carbocycles. The molecule has 0 spiro atoms. The summed E-state index contributed by atoms with van der Waals surface area (Å²) >= 11 is 0. The SMILES string of the molecule is Cc1ccc(NC(=O)[C@H]2CC(=O)N(c3ccc4c(c3)OCCO4)C2)cc1C. The van der Waals surface area contributed by atoms with Crippen molar-refractivity contribution in [2.45, 2.75) is 20.3 Å². The number of nitrogens with one attached hydrogen (secondary N) is 1. The van der Waals surface area contributed by atoms with Gasteiger partial charge in [-0.05, 0) is 49.2 Å². The lowest BCUT2D eigenvalue weighted by molar-refractivity contribution is -0.122. The van der Waals surface area contributed by atoms with Crippen LogP contribution in [0, 0.1) is 19.8 Å². The Morgan fingerprint density at radius 1 is 1.04 bits per heavy atom. The number of aryl methyl sites for hydroxylation is 2. The number of hydrogen-bond acceptors (Lipinski definition) is 4. The molecule has 0 bridgehead atoms. The molecule has 27 heavy (non-hydrogen) atoms. The van der Waals surface area contributed by atoms with Gasteiger partial charge in [0.05, 0.1) is 5.92 Å². The third-order valence-electron chi connectivity index (χ3n) is 5.11. The van der Waals surface area contributed by atoms with Crippen molar-refractivity contribution in [3.8, 4) is 11.5 Å². The highest BCUT2D eigenvalue weighted by atomic mass is 16.6. The Labute approximate surface area is 158 Å². The van der Waals surface area contributed by atoms with E-state index in [1.807, 2.05) is 38.1 Å². The fraction of sp³-hybridized carbons (Fsp3) is 0.333. The zero-order chi connectivity index (χ0) is 19.0. The molecule has 1 N–H and O–H groups in total. The molecule has 2 heterocycles. The molecule has 6 nitrogen and oxygen atoms in total. The Balaban J connectivity index is 1.47. The van der Waals surface area contributed by atoms with Crippen LogP contribution in [0.25, 0.3) is 0 Å². The van der Waals surface area contributed by atoms with E-state index in [1.165, 1.54) is 5.56 Å². The smallest absolute Gasteiger partial charge is 0.229 e. The van der Waals surface area contributed by atoms with Crippen molar-refractivity contribution < 1.29 is 19.1 Å². The largest absolute Gasteiger partial charge is 0.486 e. The van der Waals surface area contributed by atoms with Gasteiger partial charge in [0.25, 0.3) is 0 Å². The average molecular weight is 366 g/mol. The Morgan fingerprint density at radius 2 is 1.81 bits per heavy atom. The van der Waals surface area contributed by atoms with E-state index in [9.17, 15) is 9.59 Å². The lowest BCUT2D eigenvalue weighted by Crippen LogP contribution is -2.28. The first kappa shape index (κ1) is 17.4. The third kappa shape index (κ3) is 3.47. The van der Waals surface area contributed by atoms with Crippen molar-refractivity contribution in [2.24, 2.45) is 5.92 Å². The van der Waals surface area contributed by atoms with Crippen molar-refractivity contribution in [1.82, 2.24) is 0 Å². The maximum Gasteiger partial charge on any atom is 0.229 e. The lowest BCUT2D eigenvalue weighted by Gasteiger charge is -2.22. The molecule has 2 aliphatic rings. The molecule has 6 heteroatoms.